The minimum Gasteiger partial charge on any atom is -0.457 e. The van der Waals surface area contributed by atoms with Gasteiger partial charge in [0.05, 0.1) is 18.8 Å². The summed E-state index contributed by atoms with van der Waals surface area (Å²) in [5.74, 6) is 1.55. The second-order valence-corrected chi connectivity index (χ2v) is 15.5. The molecule has 2 amide bonds. The van der Waals surface area contributed by atoms with E-state index in [0.717, 1.165) is 78.4 Å². The number of hydrogen-bond donors (Lipinski definition) is 3. The SMILES string of the molecule is C[C@H]1[C@@H](CN2CCN(Cc3ccccc3)CC2)O[C@@H](c2cccc(-c3cccc(CNC(=O)Nc4ccc(Oc5ccccc5)cc4)c3)c2)O[C@H]1c1ccc(CO)cc1. The van der Waals surface area contributed by atoms with Crippen molar-refractivity contribution < 1.29 is 24.1 Å². The number of aliphatic hydroxyl groups excluding tert-OH is 1. The molecule has 0 saturated carbocycles. The third-order valence-corrected chi connectivity index (χ3v) is 11.2. The molecular formula is C50H52N4O5. The van der Waals surface area contributed by atoms with Gasteiger partial charge in [-0.25, -0.2) is 4.79 Å². The maximum Gasteiger partial charge on any atom is 0.319 e. The molecule has 0 bridgehead atoms. The van der Waals surface area contributed by atoms with E-state index in [1.165, 1.54) is 5.56 Å². The molecular weight excluding hydrogens is 737 g/mol. The number of nitrogens with one attached hydrogen (secondary N) is 2. The maximum absolute atomic E-state index is 12.9. The molecule has 59 heavy (non-hydrogen) atoms. The molecule has 2 saturated heterocycles. The number of rotatable bonds is 13. The van der Waals surface area contributed by atoms with Crippen molar-refractivity contribution >= 4 is 11.7 Å². The zero-order valence-corrected chi connectivity index (χ0v) is 33.5. The average molecular weight is 789 g/mol. The highest BCUT2D eigenvalue weighted by molar-refractivity contribution is 5.89. The van der Waals surface area contributed by atoms with E-state index in [-0.39, 0.29) is 30.8 Å². The van der Waals surface area contributed by atoms with E-state index in [9.17, 15) is 9.90 Å². The summed E-state index contributed by atoms with van der Waals surface area (Å²) in [5, 5.41) is 15.6. The van der Waals surface area contributed by atoms with Gasteiger partial charge in [0.25, 0.3) is 0 Å². The molecule has 0 radical (unpaired) electrons. The van der Waals surface area contributed by atoms with Gasteiger partial charge in [0.2, 0.25) is 0 Å². The van der Waals surface area contributed by atoms with E-state index >= 15 is 0 Å². The number of urea groups is 1. The number of carbonyl (C=O) groups excluding carboxylic acids is 1. The number of para-hydroxylation sites is 1. The van der Waals surface area contributed by atoms with Gasteiger partial charge < -0.3 is 30.0 Å². The van der Waals surface area contributed by atoms with Crippen LogP contribution in [0.5, 0.6) is 11.5 Å². The van der Waals surface area contributed by atoms with Gasteiger partial charge in [-0.3, -0.25) is 9.80 Å². The van der Waals surface area contributed by atoms with Gasteiger partial charge in [0.1, 0.15) is 11.5 Å². The quantitative estimate of drug-likeness (QED) is 0.107. The summed E-state index contributed by atoms with van der Waals surface area (Å²) >= 11 is 0. The Bertz CT molecular complexity index is 2250. The van der Waals surface area contributed by atoms with Crippen LogP contribution in [-0.4, -0.2) is 59.8 Å². The summed E-state index contributed by atoms with van der Waals surface area (Å²) in [7, 11) is 0. The van der Waals surface area contributed by atoms with Crippen molar-refractivity contribution in [3.63, 3.8) is 0 Å². The predicted octanol–water partition coefficient (Wildman–Crippen LogP) is 9.57. The molecule has 0 spiro atoms. The van der Waals surface area contributed by atoms with Crippen LogP contribution in [0.25, 0.3) is 11.1 Å². The number of carbonyl (C=O) groups is 1. The molecule has 4 atom stereocenters. The third-order valence-electron chi connectivity index (χ3n) is 11.2. The summed E-state index contributed by atoms with van der Waals surface area (Å²) in [5.41, 5.74) is 7.97. The molecule has 3 N–H and O–H groups in total. The van der Waals surface area contributed by atoms with Crippen LogP contribution < -0.4 is 15.4 Å². The molecule has 0 aliphatic carbocycles. The van der Waals surface area contributed by atoms with Crippen LogP contribution >= 0.6 is 0 Å². The minimum absolute atomic E-state index is 0.00367. The zero-order chi connectivity index (χ0) is 40.4. The van der Waals surface area contributed by atoms with E-state index < -0.39 is 6.29 Å². The Hall–Kier alpha value is -5.81. The smallest absolute Gasteiger partial charge is 0.319 e. The molecule has 2 aliphatic heterocycles. The summed E-state index contributed by atoms with van der Waals surface area (Å²) in [6.07, 6.45) is -0.803. The van der Waals surface area contributed by atoms with Gasteiger partial charge in [0.15, 0.2) is 6.29 Å². The molecule has 2 aliphatic rings. The van der Waals surface area contributed by atoms with Gasteiger partial charge >= 0.3 is 6.03 Å². The lowest BCUT2D eigenvalue weighted by Gasteiger charge is -2.44. The minimum atomic E-state index is -0.564. The summed E-state index contributed by atoms with van der Waals surface area (Å²) in [4.78, 5) is 17.9. The van der Waals surface area contributed by atoms with Crippen LogP contribution in [0.15, 0.2) is 158 Å². The lowest BCUT2D eigenvalue weighted by Crippen LogP contribution is -2.51. The molecule has 0 unspecified atom stereocenters. The Labute approximate surface area is 347 Å². The highest BCUT2D eigenvalue weighted by Gasteiger charge is 2.39. The number of piperazine rings is 1. The number of anilines is 1. The van der Waals surface area contributed by atoms with E-state index in [0.29, 0.717) is 18.0 Å². The second kappa shape index (κ2) is 19.3. The Balaban J connectivity index is 0.917. The fourth-order valence-corrected chi connectivity index (χ4v) is 7.87. The molecule has 9 heteroatoms. The number of hydrogen-bond acceptors (Lipinski definition) is 7. The molecule has 2 fully saturated rings. The maximum atomic E-state index is 12.9. The van der Waals surface area contributed by atoms with Crippen LogP contribution in [0, 0.1) is 5.92 Å². The fraction of sp³-hybridized carbons (Fsp3) is 0.260. The van der Waals surface area contributed by atoms with E-state index in [4.69, 9.17) is 14.2 Å². The first kappa shape index (κ1) is 40.0. The Kier molecular flexibility index (Phi) is 13.1. The molecule has 9 nitrogen and oxygen atoms in total. The van der Waals surface area contributed by atoms with Crippen LogP contribution in [0.4, 0.5) is 10.5 Å². The monoisotopic (exact) mass is 788 g/mol. The number of benzene rings is 6. The van der Waals surface area contributed by atoms with Crippen LogP contribution in [-0.2, 0) is 29.2 Å². The highest BCUT2D eigenvalue weighted by atomic mass is 16.7. The van der Waals surface area contributed by atoms with Gasteiger partial charge in [0, 0.05) is 63.0 Å². The summed E-state index contributed by atoms with van der Waals surface area (Å²) < 4.78 is 19.6. The molecule has 6 aromatic rings. The number of aliphatic hydroxyl groups is 1. The molecule has 8 rings (SSSR count). The normalized spacial score (nSPS) is 19.8. The highest BCUT2D eigenvalue weighted by Crippen LogP contribution is 2.42. The molecule has 0 aromatic heterocycles. The summed E-state index contributed by atoms with van der Waals surface area (Å²) in [6.45, 7) is 8.39. The first-order valence-corrected chi connectivity index (χ1v) is 20.5. The zero-order valence-electron chi connectivity index (χ0n) is 33.5. The van der Waals surface area contributed by atoms with Gasteiger partial charge in [-0.2, -0.15) is 0 Å². The summed E-state index contributed by atoms with van der Waals surface area (Å²) in [6, 6.07) is 51.9. The Morgan fingerprint density at radius 1 is 0.661 bits per heavy atom. The molecule has 2 heterocycles. The van der Waals surface area contributed by atoms with Crippen molar-refractivity contribution in [1.82, 2.24) is 15.1 Å². The van der Waals surface area contributed by atoms with E-state index in [2.05, 4.69) is 106 Å². The molecule has 302 valence electrons. The van der Waals surface area contributed by atoms with Crippen LogP contribution in [0.3, 0.4) is 0 Å². The van der Waals surface area contributed by atoms with Crippen molar-refractivity contribution in [2.45, 2.75) is 45.1 Å². The van der Waals surface area contributed by atoms with Gasteiger partial charge in [-0.1, -0.05) is 116 Å². The number of nitrogens with zero attached hydrogens (tertiary/aromatic N) is 2. The number of ether oxygens (including phenoxy) is 3. The first-order valence-electron chi connectivity index (χ1n) is 20.5. The van der Waals surface area contributed by atoms with E-state index in [1.54, 1.807) is 0 Å². The van der Waals surface area contributed by atoms with Crippen molar-refractivity contribution in [1.29, 1.82) is 0 Å². The van der Waals surface area contributed by atoms with Crippen molar-refractivity contribution in [2.75, 3.05) is 38.0 Å². The topological polar surface area (TPSA) is 95.5 Å². The Morgan fingerprint density at radius 3 is 2.03 bits per heavy atom. The lowest BCUT2D eigenvalue weighted by molar-refractivity contribution is -0.276. The molecule has 6 aromatic carbocycles. The second-order valence-electron chi connectivity index (χ2n) is 15.5. The predicted molar refractivity (Wildman–Crippen MR) is 232 cm³/mol. The van der Waals surface area contributed by atoms with Crippen LogP contribution in [0.1, 0.15) is 47.1 Å². The largest absolute Gasteiger partial charge is 0.457 e. The average Bonchev–Trinajstić information content (AvgIpc) is 3.28. The van der Waals surface area contributed by atoms with Gasteiger partial charge in [-0.15, -0.1) is 0 Å². The Morgan fingerprint density at radius 2 is 1.31 bits per heavy atom. The van der Waals surface area contributed by atoms with Crippen molar-refractivity contribution in [3.05, 3.63) is 186 Å². The van der Waals surface area contributed by atoms with E-state index in [1.807, 2.05) is 78.9 Å². The first-order chi connectivity index (χ1) is 29.0. The van der Waals surface area contributed by atoms with Crippen molar-refractivity contribution in [3.8, 4) is 22.6 Å². The standard InChI is InChI=1S/C50H52N4O5/c1-36-47(34-54-28-26-53(27-29-54)33-37-10-4-2-5-11-37)58-49(59-48(36)40-20-18-38(35-55)19-21-40)43-15-9-14-42(31-43)41-13-8-12-39(30-41)32-51-50(56)52-44-22-24-46(25-23-44)57-45-16-6-3-7-17-45/h2-25,30-31,36,47-49,55H,26-29,32-35H2,1H3,(H2,51,52,56)/t36-,47+,48+,49+/m0/s1. The lowest BCUT2D eigenvalue weighted by atomic mass is 9.89. The van der Waals surface area contributed by atoms with Crippen molar-refractivity contribution in [2.24, 2.45) is 5.92 Å². The van der Waals surface area contributed by atoms with Gasteiger partial charge in [-0.05, 0) is 81.9 Å². The fourth-order valence-electron chi connectivity index (χ4n) is 7.87. The van der Waals surface area contributed by atoms with Crippen LogP contribution in [0.2, 0.25) is 0 Å². The third kappa shape index (κ3) is 10.6. The number of amides is 2.